The average molecular weight is 345 g/mol. The molecule has 0 amide bonds. The zero-order chi connectivity index (χ0) is 17.1. The van der Waals surface area contributed by atoms with E-state index in [9.17, 15) is 4.79 Å². The summed E-state index contributed by atoms with van der Waals surface area (Å²) in [6.45, 7) is 4.11. The van der Waals surface area contributed by atoms with E-state index in [0.717, 1.165) is 5.56 Å². The summed E-state index contributed by atoms with van der Waals surface area (Å²) in [6, 6.07) is 11.0. The standard InChI is InChI=1S/C17H17ClN4O2/c1-11(2)16(23)22-17(19-10-12-5-3-6-13(18)9-12)20-15(21-22)14-7-4-8-24-14/h3-9,11H,10H2,1-2H3,(H,19,20,21). The van der Waals surface area contributed by atoms with Crippen LogP contribution in [0.25, 0.3) is 11.6 Å². The van der Waals surface area contributed by atoms with E-state index in [-0.39, 0.29) is 11.8 Å². The zero-order valence-electron chi connectivity index (χ0n) is 13.4. The molecule has 6 nitrogen and oxygen atoms in total. The van der Waals surface area contributed by atoms with Gasteiger partial charge in [0.1, 0.15) is 0 Å². The van der Waals surface area contributed by atoms with Gasteiger partial charge in [-0.2, -0.15) is 9.67 Å². The minimum atomic E-state index is -0.206. The van der Waals surface area contributed by atoms with Crippen molar-refractivity contribution in [2.24, 2.45) is 5.92 Å². The van der Waals surface area contributed by atoms with Gasteiger partial charge in [0.25, 0.3) is 5.91 Å². The van der Waals surface area contributed by atoms with Crippen molar-refractivity contribution >= 4 is 23.5 Å². The third-order valence-electron chi connectivity index (χ3n) is 3.39. The summed E-state index contributed by atoms with van der Waals surface area (Å²) in [5.41, 5.74) is 0.980. The van der Waals surface area contributed by atoms with E-state index in [1.54, 1.807) is 18.4 Å². The number of aromatic nitrogens is 3. The quantitative estimate of drug-likeness (QED) is 0.754. The van der Waals surface area contributed by atoms with Gasteiger partial charge in [0.05, 0.1) is 6.26 Å². The Kier molecular flexibility index (Phi) is 4.66. The summed E-state index contributed by atoms with van der Waals surface area (Å²) in [5.74, 6) is 0.899. The number of furan rings is 1. The molecule has 0 aliphatic heterocycles. The summed E-state index contributed by atoms with van der Waals surface area (Å²) >= 11 is 5.99. The van der Waals surface area contributed by atoms with Crippen molar-refractivity contribution in [1.29, 1.82) is 0 Å². The lowest BCUT2D eigenvalue weighted by Crippen LogP contribution is -2.21. The molecule has 124 valence electrons. The van der Waals surface area contributed by atoms with Crippen molar-refractivity contribution in [3.05, 3.63) is 53.2 Å². The smallest absolute Gasteiger partial charge is 0.252 e. The van der Waals surface area contributed by atoms with Crippen LogP contribution in [0.5, 0.6) is 0 Å². The minimum absolute atomic E-state index is 0.145. The van der Waals surface area contributed by atoms with Crippen LogP contribution in [0, 0.1) is 5.92 Å². The van der Waals surface area contributed by atoms with Crippen molar-refractivity contribution < 1.29 is 9.21 Å². The molecule has 0 bridgehead atoms. The van der Waals surface area contributed by atoms with Crippen LogP contribution in [0.15, 0.2) is 47.1 Å². The molecule has 3 aromatic rings. The van der Waals surface area contributed by atoms with Gasteiger partial charge in [-0.25, -0.2) is 0 Å². The molecule has 1 N–H and O–H groups in total. The second kappa shape index (κ2) is 6.88. The van der Waals surface area contributed by atoms with Gasteiger partial charge in [0.15, 0.2) is 5.76 Å². The molecule has 1 aromatic carbocycles. The fourth-order valence-corrected chi connectivity index (χ4v) is 2.38. The number of hydrogen-bond donors (Lipinski definition) is 1. The van der Waals surface area contributed by atoms with Gasteiger partial charge in [0, 0.05) is 17.5 Å². The fourth-order valence-electron chi connectivity index (χ4n) is 2.16. The number of halogens is 1. The predicted molar refractivity (Wildman–Crippen MR) is 92.0 cm³/mol. The van der Waals surface area contributed by atoms with Gasteiger partial charge < -0.3 is 9.73 Å². The maximum Gasteiger partial charge on any atom is 0.252 e. The fraction of sp³-hybridized carbons (Fsp3) is 0.235. The van der Waals surface area contributed by atoms with E-state index < -0.39 is 0 Å². The molecule has 0 radical (unpaired) electrons. The summed E-state index contributed by atoms with van der Waals surface area (Å²) < 4.78 is 6.60. The molecule has 7 heteroatoms. The molecular weight excluding hydrogens is 328 g/mol. The van der Waals surface area contributed by atoms with Gasteiger partial charge in [0.2, 0.25) is 11.8 Å². The van der Waals surface area contributed by atoms with Crippen molar-refractivity contribution in [3.63, 3.8) is 0 Å². The minimum Gasteiger partial charge on any atom is -0.461 e. The van der Waals surface area contributed by atoms with Crippen LogP contribution in [-0.2, 0) is 6.54 Å². The Balaban J connectivity index is 1.88. The highest BCUT2D eigenvalue weighted by atomic mass is 35.5. The molecule has 0 saturated heterocycles. The molecule has 0 aliphatic carbocycles. The van der Waals surface area contributed by atoms with Crippen molar-refractivity contribution in [2.75, 3.05) is 5.32 Å². The van der Waals surface area contributed by atoms with E-state index in [0.29, 0.717) is 29.1 Å². The second-order valence-electron chi connectivity index (χ2n) is 5.62. The highest BCUT2D eigenvalue weighted by Crippen LogP contribution is 2.20. The molecule has 2 aromatic heterocycles. The first-order valence-corrected chi connectivity index (χ1v) is 7.96. The monoisotopic (exact) mass is 344 g/mol. The molecule has 0 aliphatic rings. The molecule has 3 rings (SSSR count). The SMILES string of the molecule is CC(C)C(=O)n1nc(-c2ccco2)nc1NCc1cccc(Cl)c1. The third-order valence-corrected chi connectivity index (χ3v) is 3.63. The van der Waals surface area contributed by atoms with Gasteiger partial charge in [-0.15, -0.1) is 5.10 Å². The van der Waals surface area contributed by atoms with E-state index in [1.807, 2.05) is 38.1 Å². The van der Waals surface area contributed by atoms with Gasteiger partial charge in [-0.3, -0.25) is 4.79 Å². The molecule has 0 fully saturated rings. The predicted octanol–water partition coefficient (Wildman–Crippen LogP) is 4.10. The molecular formula is C17H17ClN4O2. The maximum atomic E-state index is 12.4. The van der Waals surface area contributed by atoms with Crippen molar-refractivity contribution in [2.45, 2.75) is 20.4 Å². The van der Waals surface area contributed by atoms with Crippen molar-refractivity contribution in [3.8, 4) is 11.6 Å². The van der Waals surface area contributed by atoms with Gasteiger partial charge in [-0.05, 0) is 29.8 Å². The topological polar surface area (TPSA) is 73.0 Å². The summed E-state index contributed by atoms with van der Waals surface area (Å²) in [5, 5.41) is 8.08. The normalized spacial score (nSPS) is 11.0. The van der Waals surface area contributed by atoms with Crippen LogP contribution < -0.4 is 5.32 Å². The number of rotatable bonds is 5. The van der Waals surface area contributed by atoms with E-state index in [1.165, 1.54) is 4.68 Å². The number of nitrogens with zero attached hydrogens (tertiary/aromatic N) is 3. The number of carbonyl (C=O) groups excluding carboxylic acids is 1. The first-order valence-electron chi connectivity index (χ1n) is 7.58. The molecule has 0 unspecified atom stereocenters. The molecule has 24 heavy (non-hydrogen) atoms. The highest BCUT2D eigenvalue weighted by molar-refractivity contribution is 6.30. The molecule has 0 saturated carbocycles. The third kappa shape index (κ3) is 3.49. The summed E-state index contributed by atoms with van der Waals surface area (Å²) in [4.78, 5) is 16.8. The Hall–Kier alpha value is -2.60. The summed E-state index contributed by atoms with van der Waals surface area (Å²) in [7, 11) is 0. The summed E-state index contributed by atoms with van der Waals surface area (Å²) in [6.07, 6.45) is 1.54. The largest absolute Gasteiger partial charge is 0.461 e. The lowest BCUT2D eigenvalue weighted by atomic mass is 10.2. The molecule has 0 spiro atoms. The number of hydrogen-bond acceptors (Lipinski definition) is 5. The lowest BCUT2D eigenvalue weighted by Gasteiger charge is -2.09. The first-order chi connectivity index (χ1) is 11.5. The average Bonchev–Trinajstić information content (AvgIpc) is 3.21. The number of carbonyl (C=O) groups is 1. The van der Waals surface area contributed by atoms with Crippen LogP contribution in [0.2, 0.25) is 5.02 Å². The Morgan fingerprint density at radius 3 is 2.83 bits per heavy atom. The Morgan fingerprint density at radius 1 is 1.33 bits per heavy atom. The molecule has 0 atom stereocenters. The van der Waals surface area contributed by atoms with Crippen LogP contribution in [0.3, 0.4) is 0 Å². The van der Waals surface area contributed by atoms with E-state index >= 15 is 0 Å². The number of benzene rings is 1. The lowest BCUT2D eigenvalue weighted by molar-refractivity contribution is 0.0841. The van der Waals surface area contributed by atoms with E-state index in [4.69, 9.17) is 16.0 Å². The number of nitrogens with one attached hydrogen (secondary N) is 1. The molecule has 2 heterocycles. The van der Waals surface area contributed by atoms with E-state index in [2.05, 4.69) is 15.4 Å². The van der Waals surface area contributed by atoms with Gasteiger partial charge in [-0.1, -0.05) is 37.6 Å². The first kappa shape index (κ1) is 16.3. The maximum absolute atomic E-state index is 12.4. The Bertz CT molecular complexity index is 840. The van der Waals surface area contributed by atoms with Gasteiger partial charge >= 0.3 is 0 Å². The Labute approximate surface area is 144 Å². The number of anilines is 1. The van der Waals surface area contributed by atoms with Crippen LogP contribution in [0.1, 0.15) is 24.2 Å². The van der Waals surface area contributed by atoms with Crippen LogP contribution >= 0.6 is 11.6 Å². The second-order valence-corrected chi connectivity index (χ2v) is 6.06. The van der Waals surface area contributed by atoms with Crippen LogP contribution in [-0.4, -0.2) is 20.7 Å². The van der Waals surface area contributed by atoms with Crippen LogP contribution in [0.4, 0.5) is 5.95 Å². The highest BCUT2D eigenvalue weighted by Gasteiger charge is 2.20. The van der Waals surface area contributed by atoms with Crippen molar-refractivity contribution in [1.82, 2.24) is 14.8 Å². The Morgan fingerprint density at radius 2 is 2.17 bits per heavy atom. The zero-order valence-corrected chi connectivity index (χ0v) is 14.1.